The molecule has 2 heterocycles. The number of carbonyl (C=O) groups is 1. The fourth-order valence-corrected chi connectivity index (χ4v) is 2.41. The summed E-state index contributed by atoms with van der Waals surface area (Å²) in [5.74, 6) is 0.0488. The van der Waals surface area contributed by atoms with E-state index in [0.717, 1.165) is 9.88 Å². The second-order valence-corrected chi connectivity index (χ2v) is 4.97. The van der Waals surface area contributed by atoms with E-state index in [2.05, 4.69) is 10.3 Å². The van der Waals surface area contributed by atoms with Crippen molar-refractivity contribution in [2.75, 3.05) is 0 Å². The van der Waals surface area contributed by atoms with Crippen molar-refractivity contribution in [1.29, 1.82) is 0 Å². The third-order valence-corrected chi connectivity index (χ3v) is 3.49. The van der Waals surface area contributed by atoms with Crippen LogP contribution in [0.3, 0.4) is 0 Å². The lowest BCUT2D eigenvalue weighted by atomic mass is 10.3. The number of nitrogens with one attached hydrogen (secondary N) is 1. The molecular formula is C10H10N2OS2. The second kappa shape index (κ2) is 5.04. The third-order valence-electron chi connectivity index (χ3n) is 1.84. The molecule has 0 aliphatic rings. The van der Waals surface area contributed by atoms with Crippen molar-refractivity contribution in [2.24, 2.45) is 0 Å². The van der Waals surface area contributed by atoms with Crippen molar-refractivity contribution in [3.05, 3.63) is 39.0 Å². The molecule has 0 unspecified atom stereocenters. The summed E-state index contributed by atoms with van der Waals surface area (Å²) < 4.78 is 0. The number of hydrogen-bond acceptors (Lipinski definition) is 4. The molecule has 2 rings (SSSR count). The number of rotatable bonds is 4. The zero-order chi connectivity index (χ0) is 10.5. The molecule has 0 aliphatic carbocycles. The Morgan fingerprint density at radius 1 is 1.40 bits per heavy atom. The Morgan fingerprint density at radius 3 is 3.00 bits per heavy atom. The van der Waals surface area contributed by atoms with Crippen LogP contribution in [0.1, 0.15) is 9.88 Å². The molecule has 0 saturated carbocycles. The fraction of sp³-hybridized carbons (Fsp3) is 0.200. The van der Waals surface area contributed by atoms with Crippen LogP contribution in [0.2, 0.25) is 0 Å². The molecular weight excluding hydrogens is 228 g/mol. The van der Waals surface area contributed by atoms with E-state index < -0.39 is 0 Å². The van der Waals surface area contributed by atoms with Gasteiger partial charge in [-0.25, -0.2) is 4.98 Å². The van der Waals surface area contributed by atoms with Gasteiger partial charge in [-0.2, -0.15) is 0 Å². The third kappa shape index (κ3) is 3.14. The number of thiophene rings is 1. The lowest BCUT2D eigenvalue weighted by Gasteiger charge is -2.00. The Bertz CT molecular complexity index is 409. The zero-order valence-electron chi connectivity index (χ0n) is 7.97. The summed E-state index contributed by atoms with van der Waals surface area (Å²) in [6, 6.07) is 3.92. The highest BCUT2D eigenvalue weighted by atomic mass is 32.1. The van der Waals surface area contributed by atoms with E-state index in [9.17, 15) is 4.79 Å². The van der Waals surface area contributed by atoms with Gasteiger partial charge in [-0.15, -0.1) is 22.7 Å². The monoisotopic (exact) mass is 238 g/mol. The lowest BCUT2D eigenvalue weighted by Crippen LogP contribution is -2.24. The zero-order valence-corrected chi connectivity index (χ0v) is 9.61. The first-order valence-electron chi connectivity index (χ1n) is 4.52. The van der Waals surface area contributed by atoms with Gasteiger partial charge in [0.05, 0.1) is 13.0 Å². The summed E-state index contributed by atoms with van der Waals surface area (Å²) in [5.41, 5.74) is 0. The summed E-state index contributed by atoms with van der Waals surface area (Å²) in [4.78, 5) is 16.7. The van der Waals surface area contributed by atoms with Crippen LogP contribution in [0.5, 0.6) is 0 Å². The number of thiazole rings is 1. The van der Waals surface area contributed by atoms with Gasteiger partial charge in [0.2, 0.25) is 5.91 Å². The van der Waals surface area contributed by atoms with Crippen molar-refractivity contribution >= 4 is 28.6 Å². The van der Waals surface area contributed by atoms with Gasteiger partial charge in [-0.1, -0.05) is 6.07 Å². The van der Waals surface area contributed by atoms with E-state index in [1.54, 1.807) is 28.9 Å². The van der Waals surface area contributed by atoms with Crippen LogP contribution in [0.15, 0.2) is 29.1 Å². The van der Waals surface area contributed by atoms with E-state index >= 15 is 0 Å². The van der Waals surface area contributed by atoms with Gasteiger partial charge in [-0.3, -0.25) is 4.79 Å². The van der Waals surface area contributed by atoms with Gasteiger partial charge in [0.1, 0.15) is 5.01 Å². The van der Waals surface area contributed by atoms with E-state index in [0.29, 0.717) is 13.0 Å². The molecule has 78 valence electrons. The van der Waals surface area contributed by atoms with Crippen molar-refractivity contribution in [2.45, 2.75) is 13.0 Å². The highest BCUT2D eigenvalue weighted by Gasteiger charge is 2.04. The summed E-state index contributed by atoms with van der Waals surface area (Å²) in [6.07, 6.45) is 2.20. The minimum Gasteiger partial charge on any atom is -0.349 e. The maximum atomic E-state index is 11.5. The van der Waals surface area contributed by atoms with Gasteiger partial charge in [0.25, 0.3) is 0 Å². The van der Waals surface area contributed by atoms with E-state index in [1.807, 2.05) is 22.9 Å². The average molecular weight is 238 g/mol. The first-order chi connectivity index (χ1) is 7.34. The molecule has 1 N–H and O–H groups in total. The molecule has 5 heteroatoms. The molecule has 3 nitrogen and oxygen atoms in total. The van der Waals surface area contributed by atoms with Crippen molar-refractivity contribution in [3.63, 3.8) is 0 Å². The quantitative estimate of drug-likeness (QED) is 0.886. The summed E-state index contributed by atoms with van der Waals surface area (Å²) in [7, 11) is 0. The molecule has 2 aromatic heterocycles. The largest absolute Gasteiger partial charge is 0.349 e. The van der Waals surface area contributed by atoms with E-state index in [1.165, 1.54) is 0 Å². The van der Waals surface area contributed by atoms with Gasteiger partial charge < -0.3 is 5.32 Å². The van der Waals surface area contributed by atoms with Crippen LogP contribution < -0.4 is 5.32 Å². The summed E-state index contributed by atoms with van der Waals surface area (Å²) in [6.45, 7) is 0.530. The minimum atomic E-state index is 0.0488. The minimum absolute atomic E-state index is 0.0488. The van der Waals surface area contributed by atoms with Crippen molar-refractivity contribution < 1.29 is 4.79 Å². The number of amides is 1. The molecule has 0 spiro atoms. The van der Waals surface area contributed by atoms with Crippen molar-refractivity contribution in [1.82, 2.24) is 10.3 Å². The van der Waals surface area contributed by atoms with Crippen molar-refractivity contribution in [3.8, 4) is 0 Å². The van der Waals surface area contributed by atoms with E-state index in [4.69, 9.17) is 0 Å². The predicted octanol–water partition coefficient (Wildman–Crippen LogP) is 2.06. The van der Waals surface area contributed by atoms with Crippen LogP contribution in [-0.2, 0) is 17.8 Å². The average Bonchev–Trinajstić information content (AvgIpc) is 2.86. The summed E-state index contributed by atoms with van der Waals surface area (Å²) in [5, 5.41) is 7.66. The maximum absolute atomic E-state index is 11.5. The molecule has 0 saturated heterocycles. The van der Waals surface area contributed by atoms with Crippen LogP contribution in [0.4, 0.5) is 0 Å². The Kier molecular flexibility index (Phi) is 3.47. The molecule has 2 aromatic rings. The standard InChI is InChI=1S/C10H10N2OS2/c13-9(6-8-2-1-4-14-8)12-7-10-11-3-5-15-10/h1-5H,6-7H2,(H,12,13). The first-order valence-corrected chi connectivity index (χ1v) is 6.28. The van der Waals surface area contributed by atoms with E-state index in [-0.39, 0.29) is 5.91 Å². The second-order valence-electron chi connectivity index (χ2n) is 2.96. The Labute approximate surface area is 95.8 Å². The predicted molar refractivity (Wildman–Crippen MR) is 62.0 cm³/mol. The lowest BCUT2D eigenvalue weighted by molar-refractivity contribution is -0.120. The smallest absolute Gasteiger partial charge is 0.225 e. The van der Waals surface area contributed by atoms with Crippen LogP contribution >= 0.6 is 22.7 Å². The first kappa shape index (κ1) is 10.3. The molecule has 0 atom stereocenters. The molecule has 0 aliphatic heterocycles. The number of nitrogens with zero attached hydrogens (tertiary/aromatic N) is 1. The Morgan fingerprint density at radius 2 is 2.33 bits per heavy atom. The topological polar surface area (TPSA) is 42.0 Å². The number of hydrogen-bond donors (Lipinski definition) is 1. The molecule has 15 heavy (non-hydrogen) atoms. The molecule has 0 radical (unpaired) electrons. The van der Waals surface area contributed by atoms with Crippen LogP contribution in [0, 0.1) is 0 Å². The SMILES string of the molecule is O=C(Cc1cccs1)NCc1nccs1. The summed E-state index contributed by atoms with van der Waals surface area (Å²) >= 11 is 3.15. The van der Waals surface area contributed by atoms with Crippen LogP contribution in [0.25, 0.3) is 0 Å². The number of aromatic nitrogens is 1. The van der Waals surface area contributed by atoms with Gasteiger partial charge in [-0.05, 0) is 11.4 Å². The molecule has 0 aromatic carbocycles. The molecule has 0 fully saturated rings. The fourth-order valence-electron chi connectivity index (χ4n) is 1.15. The highest BCUT2D eigenvalue weighted by molar-refractivity contribution is 7.10. The van der Waals surface area contributed by atoms with Gasteiger partial charge in [0, 0.05) is 16.5 Å². The number of carbonyl (C=O) groups excluding carboxylic acids is 1. The van der Waals surface area contributed by atoms with Gasteiger partial charge in [0.15, 0.2) is 0 Å². The molecule has 1 amide bonds. The highest BCUT2D eigenvalue weighted by Crippen LogP contribution is 2.09. The maximum Gasteiger partial charge on any atom is 0.225 e. The molecule has 0 bridgehead atoms. The Hall–Kier alpha value is -1.20. The normalized spacial score (nSPS) is 10.1. The Balaban J connectivity index is 1.78. The van der Waals surface area contributed by atoms with Crippen LogP contribution in [-0.4, -0.2) is 10.9 Å². The van der Waals surface area contributed by atoms with Gasteiger partial charge >= 0.3 is 0 Å².